The van der Waals surface area contributed by atoms with E-state index in [1.54, 1.807) is 33.8 Å². The predicted octanol–water partition coefficient (Wildman–Crippen LogP) is 3.05. The molecule has 3 aliphatic rings. The quantitative estimate of drug-likeness (QED) is 0.569. The minimum Gasteiger partial charge on any atom is -0.454 e. The number of carbonyl (C=O) groups is 3. The zero-order valence-corrected chi connectivity index (χ0v) is 15.3. The van der Waals surface area contributed by atoms with Crippen LogP contribution in [0.1, 0.15) is 47.5 Å². The molecule has 0 aromatic heterocycles. The SMILES string of the molecule is CC(C)=CC(=O)OC1(C)C(=O)OC2C3=C(C)C(=O)C=CC3(C)CCC21. The summed E-state index contributed by atoms with van der Waals surface area (Å²) in [7, 11) is 0. The topological polar surface area (TPSA) is 69.7 Å². The Kier molecular flexibility index (Phi) is 4.01. The molecule has 0 amide bonds. The summed E-state index contributed by atoms with van der Waals surface area (Å²) >= 11 is 0. The highest BCUT2D eigenvalue weighted by atomic mass is 16.6. The van der Waals surface area contributed by atoms with Gasteiger partial charge in [-0.1, -0.05) is 18.6 Å². The molecule has 0 N–H and O–H groups in total. The van der Waals surface area contributed by atoms with E-state index in [0.717, 1.165) is 17.6 Å². The number of fused-ring (bicyclic) bond motifs is 3. The van der Waals surface area contributed by atoms with Gasteiger partial charge >= 0.3 is 11.9 Å². The maximum absolute atomic E-state index is 12.6. The second-order valence-electron chi connectivity index (χ2n) is 7.87. The van der Waals surface area contributed by atoms with Crippen LogP contribution in [0.5, 0.6) is 0 Å². The number of rotatable bonds is 2. The molecule has 134 valence electrons. The first kappa shape index (κ1) is 17.6. The molecular formula is C20H24O5. The lowest BCUT2D eigenvalue weighted by Crippen LogP contribution is -2.47. The van der Waals surface area contributed by atoms with E-state index in [0.29, 0.717) is 12.0 Å². The third-order valence-electron chi connectivity index (χ3n) is 5.68. The first-order chi connectivity index (χ1) is 11.6. The Bertz CT molecular complexity index is 752. The maximum atomic E-state index is 12.6. The fourth-order valence-corrected chi connectivity index (χ4v) is 4.28. The van der Waals surface area contributed by atoms with Crippen molar-refractivity contribution in [2.45, 2.75) is 59.2 Å². The van der Waals surface area contributed by atoms with Gasteiger partial charge in [-0.15, -0.1) is 0 Å². The number of allylic oxidation sites excluding steroid dienone is 4. The van der Waals surface area contributed by atoms with E-state index in [1.807, 2.05) is 6.08 Å². The predicted molar refractivity (Wildman–Crippen MR) is 91.5 cm³/mol. The van der Waals surface area contributed by atoms with Crippen LogP contribution in [0.2, 0.25) is 0 Å². The van der Waals surface area contributed by atoms with E-state index in [-0.39, 0.29) is 17.1 Å². The molecule has 1 aliphatic heterocycles. The van der Waals surface area contributed by atoms with E-state index in [9.17, 15) is 14.4 Å². The second-order valence-corrected chi connectivity index (χ2v) is 7.87. The Morgan fingerprint density at radius 3 is 2.64 bits per heavy atom. The zero-order chi connectivity index (χ0) is 18.6. The van der Waals surface area contributed by atoms with E-state index in [4.69, 9.17) is 9.47 Å². The lowest BCUT2D eigenvalue weighted by atomic mass is 9.61. The molecule has 4 atom stereocenters. The highest BCUT2D eigenvalue weighted by Crippen LogP contribution is 2.54. The lowest BCUT2D eigenvalue weighted by Gasteiger charge is -2.44. The average molecular weight is 344 g/mol. The number of ketones is 1. The van der Waals surface area contributed by atoms with Gasteiger partial charge in [-0.05, 0) is 52.2 Å². The molecule has 0 aromatic rings. The van der Waals surface area contributed by atoms with Gasteiger partial charge in [0.15, 0.2) is 5.78 Å². The van der Waals surface area contributed by atoms with Gasteiger partial charge in [0.25, 0.3) is 0 Å². The van der Waals surface area contributed by atoms with Crippen molar-refractivity contribution in [2.75, 3.05) is 0 Å². The number of hydrogen-bond acceptors (Lipinski definition) is 5. The van der Waals surface area contributed by atoms with Gasteiger partial charge in [0.1, 0.15) is 6.10 Å². The minimum atomic E-state index is -1.33. The van der Waals surface area contributed by atoms with Gasteiger partial charge in [0.05, 0.1) is 5.92 Å². The van der Waals surface area contributed by atoms with Gasteiger partial charge in [-0.25, -0.2) is 9.59 Å². The van der Waals surface area contributed by atoms with Gasteiger partial charge in [-0.2, -0.15) is 0 Å². The van der Waals surface area contributed by atoms with Crippen LogP contribution in [0.4, 0.5) is 0 Å². The molecule has 4 unspecified atom stereocenters. The largest absolute Gasteiger partial charge is 0.454 e. The molecule has 2 fully saturated rings. The molecular weight excluding hydrogens is 320 g/mol. The van der Waals surface area contributed by atoms with Crippen molar-refractivity contribution in [1.29, 1.82) is 0 Å². The fourth-order valence-electron chi connectivity index (χ4n) is 4.28. The summed E-state index contributed by atoms with van der Waals surface area (Å²) in [5.74, 6) is -1.42. The summed E-state index contributed by atoms with van der Waals surface area (Å²) in [6, 6.07) is 0. The van der Waals surface area contributed by atoms with Crippen molar-refractivity contribution in [1.82, 2.24) is 0 Å². The van der Waals surface area contributed by atoms with E-state index >= 15 is 0 Å². The maximum Gasteiger partial charge on any atom is 0.351 e. The summed E-state index contributed by atoms with van der Waals surface area (Å²) in [6.07, 6.45) is 5.81. The molecule has 3 rings (SSSR count). The normalized spacial score (nSPS) is 36.5. The van der Waals surface area contributed by atoms with Crippen LogP contribution < -0.4 is 0 Å². The van der Waals surface area contributed by atoms with Crippen molar-refractivity contribution < 1.29 is 23.9 Å². The van der Waals surface area contributed by atoms with Crippen LogP contribution in [0.3, 0.4) is 0 Å². The third kappa shape index (κ3) is 2.66. The molecule has 0 aromatic carbocycles. The number of esters is 2. The van der Waals surface area contributed by atoms with Gasteiger partial charge < -0.3 is 9.47 Å². The molecule has 0 spiro atoms. The van der Waals surface area contributed by atoms with Crippen molar-refractivity contribution in [2.24, 2.45) is 11.3 Å². The highest BCUT2D eigenvalue weighted by Gasteiger charge is 2.62. The average Bonchev–Trinajstić information content (AvgIpc) is 2.73. The Morgan fingerprint density at radius 1 is 1.32 bits per heavy atom. The first-order valence-electron chi connectivity index (χ1n) is 8.62. The van der Waals surface area contributed by atoms with Crippen LogP contribution >= 0.6 is 0 Å². The Labute approximate surface area is 147 Å². The van der Waals surface area contributed by atoms with Crippen molar-refractivity contribution in [3.05, 3.63) is 34.9 Å². The fraction of sp³-hybridized carbons (Fsp3) is 0.550. The summed E-state index contributed by atoms with van der Waals surface area (Å²) in [5.41, 5.74) is 0.662. The zero-order valence-electron chi connectivity index (χ0n) is 15.3. The summed E-state index contributed by atoms with van der Waals surface area (Å²) < 4.78 is 11.2. The Morgan fingerprint density at radius 2 is 2.00 bits per heavy atom. The second kappa shape index (κ2) is 5.68. The van der Waals surface area contributed by atoms with Crippen LogP contribution in [0.25, 0.3) is 0 Å². The van der Waals surface area contributed by atoms with E-state index in [2.05, 4.69) is 6.92 Å². The number of hydrogen-bond donors (Lipinski definition) is 0. The molecule has 5 nitrogen and oxygen atoms in total. The van der Waals surface area contributed by atoms with E-state index < -0.39 is 23.6 Å². The lowest BCUT2D eigenvalue weighted by molar-refractivity contribution is -0.170. The third-order valence-corrected chi connectivity index (χ3v) is 5.68. The molecule has 0 bridgehead atoms. The van der Waals surface area contributed by atoms with Crippen LogP contribution in [0, 0.1) is 11.3 Å². The molecule has 0 radical (unpaired) electrons. The molecule has 2 aliphatic carbocycles. The molecule has 1 heterocycles. The molecule has 5 heteroatoms. The standard InChI is InChI=1S/C20H24O5/c1-11(2)10-15(22)25-20(5)13-6-8-19(4)9-7-14(21)12(3)16(19)17(13)24-18(20)23/h7,9-10,13,17H,6,8H2,1-5H3. The van der Waals surface area contributed by atoms with Crippen LogP contribution in [-0.4, -0.2) is 29.4 Å². The van der Waals surface area contributed by atoms with Crippen molar-refractivity contribution in [3.8, 4) is 0 Å². The minimum absolute atomic E-state index is 0.0562. The Balaban J connectivity index is 1.98. The highest BCUT2D eigenvalue weighted by molar-refractivity contribution is 6.06. The molecule has 25 heavy (non-hydrogen) atoms. The van der Waals surface area contributed by atoms with E-state index in [1.165, 1.54) is 6.08 Å². The molecule has 1 saturated carbocycles. The monoisotopic (exact) mass is 344 g/mol. The van der Waals surface area contributed by atoms with Crippen LogP contribution in [-0.2, 0) is 23.9 Å². The number of carbonyl (C=O) groups excluding carboxylic acids is 3. The summed E-state index contributed by atoms with van der Waals surface area (Å²) in [5, 5.41) is 0. The van der Waals surface area contributed by atoms with Gasteiger partial charge in [0, 0.05) is 17.1 Å². The number of ether oxygens (including phenoxy) is 2. The van der Waals surface area contributed by atoms with Crippen molar-refractivity contribution in [3.63, 3.8) is 0 Å². The molecule has 1 saturated heterocycles. The van der Waals surface area contributed by atoms with Crippen LogP contribution in [0.15, 0.2) is 34.9 Å². The van der Waals surface area contributed by atoms with Gasteiger partial charge in [0.2, 0.25) is 5.60 Å². The smallest absolute Gasteiger partial charge is 0.351 e. The van der Waals surface area contributed by atoms with Crippen molar-refractivity contribution >= 4 is 17.7 Å². The summed E-state index contributed by atoms with van der Waals surface area (Å²) in [4.78, 5) is 36.9. The Hall–Kier alpha value is -2.17. The first-order valence-corrected chi connectivity index (χ1v) is 8.62. The van der Waals surface area contributed by atoms with Gasteiger partial charge in [-0.3, -0.25) is 4.79 Å². The summed E-state index contributed by atoms with van der Waals surface area (Å²) in [6.45, 7) is 9.04.